The fraction of sp³-hybridized carbons (Fsp3) is 0.444. The van der Waals surface area contributed by atoms with E-state index in [1.165, 1.54) is 0 Å². The summed E-state index contributed by atoms with van der Waals surface area (Å²) in [6, 6.07) is 5.40. The minimum Gasteiger partial charge on any atom is -0.493 e. The average molecular weight is 332 g/mol. The van der Waals surface area contributed by atoms with Crippen molar-refractivity contribution >= 4 is 16.8 Å². The standard InChI is InChI=1S/C18H24N2O4/c1-4-5-6-17(21)19-8-7-12-9-13-10-15(23-2)16(24-3)11-14(13)20-18(12)22/h9-11H,4-8H2,1-3H3,(H,19,21)(H,20,22). The molecule has 2 N–H and O–H groups in total. The summed E-state index contributed by atoms with van der Waals surface area (Å²) < 4.78 is 10.5. The molecule has 0 unspecified atom stereocenters. The first-order chi connectivity index (χ1) is 11.6. The Morgan fingerprint density at radius 3 is 2.54 bits per heavy atom. The molecule has 1 amide bonds. The van der Waals surface area contributed by atoms with Crippen LogP contribution in [0.25, 0.3) is 10.9 Å². The van der Waals surface area contributed by atoms with Crippen LogP contribution in [0.4, 0.5) is 0 Å². The Morgan fingerprint density at radius 2 is 1.88 bits per heavy atom. The Balaban J connectivity index is 2.15. The fourth-order valence-electron chi connectivity index (χ4n) is 2.53. The third-order valence-electron chi connectivity index (χ3n) is 3.90. The molecule has 1 aromatic carbocycles. The molecule has 2 aromatic rings. The minimum atomic E-state index is -0.155. The van der Waals surface area contributed by atoms with E-state index in [1.807, 2.05) is 19.1 Å². The van der Waals surface area contributed by atoms with Gasteiger partial charge in [0, 0.05) is 30.0 Å². The summed E-state index contributed by atoms with van der Waals surface area (Å²) in [4.78, 5) is 26.7. The van der Waals surface area contributed by atoms with Gasteiger partial charge in [-0.3, -0.25) is 9.59 Å². The van der Waals surface area contributed by atoms with E-state index in [0.29, 0.717) is 42.0 Å². The number of hydrogen-bond donors (Lipinski definition) is 2. The first kappa shape index (κ1) is 17.8. The zero-order valence-electron chi connectivity index (χ0n) is 14.4. The van der Waals surface area contributed by atoms with Crippen LogP contribution < -0.4 is 20.3 Å². The summed E-state index contributed by atoms with van der Waals surface area (Å²) in [6.07, 6.45) is 2.88. The lowest BCUT2D eigenvalue weighted by Gasteiger charge is -2.10. The van der Waals surface area contributed by atoms with E-state index in [0.717, 1.165) is 18.2 Å². The molecule has 0 aliphatic carbocycles. The highest BCUT2D eigenvalue weighted by atomic mass is 16.5. The van der Waals surface area contributed by atoms with Gasteiger partial charge in [-0.25, -0.2) is 0 Å². The van der Waals surface area contributed by atoms with E-state index >= 15 is 0 Å². The highest BCUT2D eigenvalue weighted by molar-refractivity contribution is 5.83. The number of aromatic amines is 1. The summed E-state index contributed by atoms with van der Waals surface area (Å²) in [6.45, 7) is 2.50. The zero-order chi connectivity index (χ0) is 17.5. The number of fused-ring (bicyclic) bond motifs is 1. The second-order valence-corrected chi connectivity index (χ2v) is 5.62. The van der Waals surface area contributed by atoms with Crippen LogP contribution in [0, 0.1) is 0 Å². The monoisotopic (exact) mass is 332 g/mol. The molecular formula is C18H24N2O4. The molecule has 0 aliphatic rings. The number of pyridine rings is 1. The maximum Gasteiger partial charge on any atom is 0.251 e. The van der Waals surface area contributed by atoms with E-state index in [4.69, 9.17) is 9.47 Å². The van der Waals surface area contributed by atoms with Gasteiger partial charge >= 0.3 is 0 Å². The molecule has 0 bridgehead atoms. The van der Waals surface area contributed by atoms with Crippen LogP contribution in [0.5, 0.6) is 11.5 Å². The van der Waals surface area contributed by atoms with Gasteiger partial charge in [0.15, 0.2) is 11.5 Å². The number of nitrogens with one attached hydrogen (secondary N) is 2. The highest BCUT2D eigenvalue weighted by Crippen LogP contribution is 2.30. The van der Waals surface area contributed by atoms with Crippen LogP contribution in [-0.2, 0) is 11.2 Å². The Hall–Kier alpha value is -2.50. The smallest absolute Gasteiger partial charge is 0.251 e. The van der Waals surface area contributed by atoms with Gasteiger partial charge in [-0.05, 0) is 25.0 Å². The predicted molar refractivity (Wildman–Crippen MR) is 93.9 cm³/mol. The second kappa shape index (κ2) is 8.38. The third-order valence-corrected chi connectivity index (χ3v) is 3.90. The van der Waals surface area contributed by atoms with E-state index in [-0.39, 0.29) is 11.5 Å². The lowest BCUT2D eigenvalue weighted by atomic mass is 10.1. The van der Waals surface area contributed by atoms with Crippen molar-refractivity contribution in [3.63, 3.8) is 0 Å². The van der Waals surface area contributed by atoms with Crippen molar-refractivity contribution in [1.82, 2.24) is 10.3 Å². The molecule has 6 heteroatoms. The largest absolute Gasteiger partial charge is 0.493 e. The van der Waals surface area contributed by atoms with E-state index in [9.17, 15) is 9.59 Å². The summed E-state index contributed by atoms with van der Waals surface area (Å²) in [5.74, 6) is 1.20. The molecule has 1 heterocycles. The number of unbranched alkanes of at least 4 members (excludes halogenated alkanes) is 1. The number of methoxy groups -OCH3 is 2. The van der Waals surface area contributed by atoms with Crippen molar-refractivity contribution in [1.29, 1.82) is 0 Å². The molecule has 1 aromatic heterocycles. The summed E-state index contributed by atoms with van der Waals surface area (Å²) in [7, 11) is 3.12. The van der Waals surface area contributed by atoms with Crippen LogP contribution in [0.3, 0.4) is 0 Å². The SMILES string of the molecule is CCCCC(=O)NCCc1cc2cc(OC)c(OC)cc2[nH]c1=O. The molecule has 130 valence electrons. The van der Waals surface area contributed by atoms with Gasteiger partial charge in [-0.15, -0.1) is 0 Å². The third kappa shape index (κ3) is 4.28. The molecule has 0 radical (unpaired) electrons. The first-order valence-electron chi connectivity index (χ1n) is 8.13. The van der Waals surface area contributed by atoms with Crippen molar-refractivity contribution in [3.05, 3.63) is 34.1 Å². The Labute approximate surface area is 141 Å². The zero-order valence-corrected chi connectivity index (χ0v) is 14.4. The van der Waals surface area contributed by atoms with E-state index in [2.05, 4.69) is 10.3 Å². The minimum absolute atomic E-state index is 0.0282. The number of aromatic nitrogens is 1. The van der Waals surface area contributed by atoms with E-state index in [1.54, 1.807) is 20.3 Å². The van der Waals surface area contributed by atoms with Crippen molar-refractivity contribution in [2.24, 2.45) is 0 Å². The van der Waals surface area contributed by atoms with Gasteiger partial charge in [0.05, 0.1) is 19.7 Å². The number of hydrogen-bond acceptors (Lipinski definition) is 4. The number of ether oxygens (including phenoxy) is 2. The molecule has 0 spiro atoms. The van der Waals surface area contributed by atoms with Gasteiger partial charge in [0.2, 0.25) is 5.91 Å². The number of benzene rings is 1. The second-order valence-electron chi connectivity index (χ2n) is 5.62. The van der Waals surface area contributed by atoms with E-state index < -0.39 is 0 Å². The van der Waals surface area contributed by atoms with Gasteiger partial charge < -0.3 is 19.8 Å². The van der Waals surface area contributed by atoms with Crippen LogP contribution >= 0.6 is 0 Å². The maximum absolute atomic E-state index is 12.2. The molecule has 2 rings (SSSR count). The Kier molecular flexibility index (Phi) is 6.23. The van der Waals surface area contributed by atoms with Crippen LogP contribution in [0.1, 0.15) is 31.7 Å². The molecule has 0 atom stereocenters. The first-order valence-corrected chi connectivity index (χ1v) is 8.13. The summed E-state index contributed by atoms with van der Waals surface area (Å²) in [5.41, 5.74) is 1.16. The molecule has 0 saturated heterocycles. The van der Waals surface area contributed by atoms with Crippen molar-refractivity contribution in [2.75, 3.05) is 20.8 Å². The fourth-order valence-corrected chi connectivity index (χ4v) is 2.53. The Morgan fingerprint density at radius 1 is 1.17 bits per heavy atom. The maximum atomic E-state index is 12.2. The van der Waals surface area contributed by atoms with Crippen molar-refractivity contribution < 1.29 is 14.3 Å². The summed E-state index contributed by atoms with van der Waals surface area (Å²) in [5, 5.41) is 3.71. The molecule has 0 fully saturated rings. The summed E-state index contributed by atoms with van der Waals surface area (Å²) >= 11 is 0. The molecular weight excluding hydrogens is 308 g/mol. The average Bonchev–Trinajstić information content (AvgIpc) is 2.59. The predicted octanol–water partition coefficient (Wildman–Crippen LogP) is 2.39. The van der Waals surface area contributed by atoms with Crippen molar-refractivity contribution in [2.45, 2.75) is 32.6 Å². The number of carbonyl (C=O) groups excluding carboxylic acids is 1. The normalized spacial score (nSPS) is 10.6. The Bertz CT molecular complexity index is 767. The number of amides is 1. The molecule has 24 heavy (non-hydrogen) atoms. The van der Waals surface area contributed by atoms with Crippen LogP contribution in [0.15, 0.2) is 23.0 Å². The van der Waals surface area contributed by atoms with Crippen LogP contribution in [-0.4, -0.2) is 31.7 Å². The topological polar surface area (TPSA) is 80.4 Å². The van der Waals surface area contributed by atoms with Gasteiger partial charge in [-0.1, -0.05) is 13.3 Å². The highest BCUT2D eigenvalue weighted by Gasteiger charge is 2.09. The van der Waals surface area contributed by atoms with Crippen molar-refractivity contribution in [3.8, 4) is 11.5 Å². The van der Waals surface area contributed by atoms with Gasteiger partial charge in [0.25, 0.3) is 5.56 Å². The number of rotatable bonds is 8. The quantitative estimate of drug-likeness (QED) is 0.778. The lowest BCUT2D eigenvalue weighted by Crippen LogP contribution is -2.27. The van der Waals surface area contributed by atoms with Gasteiger partial charge in [0.1, 0.15) is 0 Å². The molecule has 6 nitrogen and oxygen atoms in total. The van der Waals surface area contributed by atoms with Gasteiger partial charge in [-0.2, -0.15) is 0 Å². The molecule has 0 saturated carbocycles. The number of H-pyrrole nitrogens is 1. The number of carbonyl (C=O) groups is 1. The lowest BCUT2D eigenvalue weighted by molar-refractivity contribution is -0.121. The van der Waals surface area contributed by atoms with Crippen LogP contribution in [0.2, 0.25) is 0 Å². The molecule has 0 aliphatic heterocycles.